The number of rotatable bonds is 6. The Morgan fingerprint density at radius 3 is 2.31 bits per heavy atom. The summed E-state index contributed by atoms with van der Waals surface area (Å²) in [5, 5.41) is 10.9. The molecule has 3 aromatic rings. The standard InChI is InChI=1S/C24H27N5O3/c1-24(18-28-16-22(29(30)31)25-23(28)32-24)17-27-13-11-26(12-14-27)15-19-7-9-21(10-8-19)20-5-3-2-4-6-20/h2-10,16H,11-15,17-18H2,1H3/t24-/m0/s1. The van der Waals surface area contributed by atoms with Crippen LogP contribution in [0.15, 0.2) is 60.8 Å². The van der Waals surface area contributed by atoms with Gasteiger partial charge in [-0.15, -0.1) is 0 Å². The normalized spacial score (nSPS) is 21.3. The molecule has 1 saturated heterocycles. The summed E-state index contributed by atoms with van der Waals surface area (Å²) >= 11 is 0. The van der Waals surface area contributed by atoms with Crippen molar-refractivity contribution in [3.8, 4) is 17.1 Å². The molecule has 1 fully saturated rings. The zero-order chi connectivity index (χ0) is 22.1. The maximum absolute atomic E-state index is 10.9. The van der Waals surface area contributed by atoms with Crippen molar-refractivity contribution < 1.29 is 9.66 Å². The SMILES string of the molecule is C[C@]1(CN2CCN(Cc3ccc(-c4ccccc4)cc3)CC2)Cn2cc([N+](=O)[O-])nc2O1. The molecular weight excluding hydrogens is 406 g/mol. The second-order valence-electron chi connectivity index (χ2n) is 8.93. The molecule has 0 spiro atoms. The molecule has 0 bridgehead atoms. The Labute approximate surface area is 187 Å². The van der Waals surface area contributed by atoms with Gasteiger partial charge in [0.05, 0.1) is 6.54 Å². The number of fused-ring (bicyclic) bond motifs is 1. The van der Waals surface area contributed by atoms with E-state index in [1.54, 1.807) is 4.57 Å². The van der Waals surface area contributed by atoms with Gasteiger partial charge < -0.3 is 14.9 Å². The molecule has 0 N–H and O–H groups in total. The molecule has 3 heterocycles. The van der Waals surface area contributed by atoms with Crippen molar-refractivity contribution in [1.82, 2.24) is 19.4 Å². The average molecular weight is 434 g/mol. The third kappa shape index (κ3) is 4.37. The van der Waals surface area contributed by atoms with Crippen molar-refractivity contribution in [2.24, 2.45) is 0 Å². The molecule has 32 heavy (non-hydrogen) atoms. The lowest BCUT2D eigenvalue weighted by Gasteiger charge is -2.38. The van der Waals surface area contributed by atoms with Gasteiger partial charge in [0.2, 0.25) is 0 Å². The number of hydrogen-bond acceptors (Lipinski definition) is 6. The molecule has 0 unspecified atom stereocenters. The van der Waals surface area contributed by atoms with Crippen molar-refractivity contribution in [1.29, 1.82) is 0 Å². The van der Waals surface area contributed by atoms with Crippen LogP contribution >= 0.6 is 0 Å². The van der Waals surface area contributed by atoms with Gasteiger partial charge >= 0.3 is 11.8 Å². The van der Waals surface area contributed by atoms with Crippen LogP contribution in [0.1, 0.15) is 12.5 Å². The van der Waals surface area contributed by atoms with Crippen molar-refractivity contribution >= 4 is 5.82 Å². The zero-order valence-electron chi connectivity index (χ0n) is 18.2. The summed E-state index contributed by atoms with van der Waals surface area (Å²) in [6.07, 6.45) is 1.46. The lowest BCUT2D eigenvalue weighted by molar-refractivity contribution is -0.389. The molecular formula is C24H27N5O3. The number of nitro groups is 1. The number of aromatic nitrogens is 2. The van der Waals surface area contributed by atoms with E-state index >= 15 is 0 Å². The fourth-order valence-electron chi connectivity index (χ4n) is 4.63. The topological polar surface area (TPSA) is 76.7 Å². The Morgan fingerprint density at radius 2 is 1.66 bits per heavy atom. The molecule has 2 aliphatic heterocycles. The number of benzene rings is 2. The predicted octanol–water partition coefficient (Wildman–Crippen LogP) is 3.43. The Kier molecular flexibility index (Phi) is 5.40. The summed E-state index contributed by atoms with van der Waals surface area (Å²) in [5.74, 6) is -0.160. The van der Waals surface area contributed by atoms with E-state index in [4.69, 9.17) is 4.74 Å². The maximum atomic E-state index is 10.9. The highest BCUT2D eigenvalue weighted by Crippen LogP contribution is 2.31. The van der Waals surface area contributed by atoms with E-state index < -0.39 is 10.5 Å². The molecule has 1 atom stereocenters. The monoisotopic (exact) mass is 433 g/mol. The van der Waals surface area contributed by atoms with Gasteiger partial charge in [-0.2, -0.15) is 0 Å². The summed E-state index contributed by atoms with van der Waals surface area (Å²) in [7, 11) is 0. The van der Waals surface area contributed by atoms with E-state index in [-0.39, 0.29) is 5.82 Å². The maximum Gasteiger partial charge on any atom is 0.415 e. The van der Waals surface area contributed by atoms with Crippen LogP contribution in [-0.4, -0.2) is 62.6 Å². The number of nitrogens with zero attached hydrogens (tertiary/aromatic N) is 5. The first-order valence-electron chi connectivity index (χ1n) is 11.0. The minimum absolute atomic E-state index is 0.160. The van der Waals surface area contributed by atoms with Crippen LogP contribution in [0.2, 0.25) is 0 Å². The molecule has 2 aromatic carbocycles. The molecule has 0 amide bonds. The Morgan fingerprint density at radius 1 is 1.00 bits per heavy atom. The van der Waals surface area contributed by atoms with Crippen molar-refractivity contribution in [3.05, 3.63) is 76.5 Å². The number of ether oxygens (including phenoxy) is 1. The van der Waals surface area contributed by atoms with Crippen LogP contribution in [0.4, 0.5) is 5.82 Å². The number of imidazole rings is 1. The van der Waals surface area contributed by atoms with E-state index in [0.717, 1.165) is 39.3 Å². The van der Waals surface area contributed by atoms with Gasteiger partial charge in [0.15, 0.2) is 0 Å². The minimum atomic E-state index is -0.486. The van der Waals surface area contributed by atoms with E-state index in [9.17, 15) is 10.1 Å². The lowest BCUT2D eigenvalue weighted by Crippen LogP contribution is -2.52. The molecule has 5 rings (SSSR count). The second kappa shape index (κ2) is 8.37. The van der Waals surface area contributed by atoms with Gasteiger partial charge in [0.1, 0.15) is 11.8 Å². The van der Waals surface area contributed by atoms with Crippen molar-refractivity contribution in [2.45, 2.75) is 25.6 Å². The summed E-state index contributed by atoms with van der Waals surface area (Å²) in [6, 6.07) is 19.6. The first-order valence-corrected chi connectivity index (χ1v) is 11.0. The van der Waals surface area contributed by atoms with E-state index in [1.807, 2.05) is 13.0 Å². The van der Waals surface area contributed by atoms with Crippen LogP contribution in [0.3, 0.4) is 0 Å². The summed E-state index contributed by atoms with van der Waals surface area (Å²) in [5.41, 5.74) is 3.41. The van der Waals surface area contributed by atoms with Gasteiger partial charge in [-0.3, -0.25) is 14.4 Å². The Bertz CT molecular complexity index is 1070. The predicted molar refractivity (Wildman–Crippen MR) is 122 cm³/mol. The van der Waals surface area contributed by atoms with E-state index in [2.05, 4.69) is 63.3 Å². The zero-order valence-corrected chi connectivity index (χ0v) is 18.2. The molecule has 0 saturated carbocycles. The Balaban J connectivity index is 1.11. The molecule has 1 aromatic heterocycles. The third-order valence-corrected chi connectivity index (χ3v) is 6.25. The summed E-state index contributed by atoms with van der Waals surface area (Å²) in [4.78, 5) is 19.3. The molecule has 2 aliphatic rings. The second-order valence-corrected chi connectivity index (χ2v) is 8.93. The fourth-order valence-corrected chi connectivity index (χ4v) is 4.63. The van der Waals surface area contributed by atoms with Gasteiger partial charge in [0.25, 0.3) is 0 Å². The smallest absolute Gasteiger partial charge is 0.415 e. The fraction of sp³-hybridized carbons (Fsp3) is 0.375. The van der Waals surface area contributed by atoms with E-state index in [1.165, 1.54) is 22.9 Å². The van der Waals surface area contributed by atoms with Crippen LogP contribution in [-0.2, 0) is 13.1 Å². The molecule has 166 valence electrons. The molecule has 8 nitrogen and oxygen atoms in total. The lowest BCUT2D eigenvalue weighted by atomic mass is 10.0. The molecule has 0 aliphatic carbocycles. The quantitative estimate of drug-likeness (QED) is 0.438. The van der Waals surface area contributed by atoms with Crippen LogP contribution in [0, 0.1) is 10.1 Å². The highest BCUT2D eigenvalue weighted by atomic mass is 16.6. The highest BCUT2D eigenvalue weighted by Gasteiger charge is 2.41. The van der Waals surface area contributed by atoms with E-state index in [0.29, 0.717) is 12.6 Å². The third-order valence-electron chi connectivity index (χ3n) is 6.25. The van der Waals surface area contributed by atoms with Crippen LogP contribution in [0.5, 0.6) is 6.01 Å². The number of hydrogen-bond donors (Lipinski definition) is 0. The van der Waals surface area contributed by atoms with Crippen LogP contribution in [0.25, 0.3) is 11.1 Å². The average Bonchev–Trinajstić information content (AvgIpc) is 3.31. The number of piperazine rings is 1. The summed E-state index contributed by atoms with van der Waals surface area (Å²) < 4.78 is 7.73. The van der Waals surface area contributed by atoms with Crippen LogP contribution < -0.4 is 4.74 Å². The van der Waals surface area contributed by atoms with Gasteiger partial charge in [-0.25, -0.2) is 0 Å². The highest BCUT2D eigenvalue weighted by molar-refractivity contribution is 5.63. The first-order chi connectivity index (χ1) is 15.5. The van der Waals surface area contributed by atoms with Gasteiger partial charge in [0, 0.05) is 44.3 Å². The largest absolute Gasteiger partial charge is 0.436 e. The summed E-state index contributed by atoms with van der Waals surface area (Å²) in [6.45, 7) is 8.33. The molecule has 8 heteroatoms. The van der Waals surface area contributed by atoms with Crippen molar-refractivity contribution in [2.75, 3.05) is 32.7 Å². The van der Waals surface area contributed by atoms with Crippen molar-refractivity contribution in [3.63, 3.8) is 0 Å². The molecule has 0 radical (unpaired) electrons. The first kappa shape index (κ1) is 20.7. The van der Waals surface area contributed by atoms with Gasteiger partial charge in [-0.05, 0) is 28.5 Å². The Hall–Kier alpha value is -3.23. The minimum Gasteiger partial charge on any atom is -0.436 e. The van der Waals surface area contributed by atoms with Gasteiger partial charge in [-0.1, -0.05) is 54.6 Å².